The van der Waals surface area contributed by atoms with Crippen LogP contribution in [0.3, 0.4) is 0 Å². The zero-order valence-corrected chi connectivity index (χ0v) is 30.0. The van der Waals surface area contributed by atoms with Crippen LogP contribution < -0.4 is 0 Å². The zero-order chi connectivity index (χ0) is 48.8. The Labute approximate surface area is 347 Å². The fourth-order valence-corrected chi connectivity index (χ4v) is 8.53. The van der Waals surface area contributed by atoms with Gasteiger partial charge in [0.2, 0.25) is 0 Å². The molecule has 0 fully saturated rings. The summed E-state index contributed by atoms with van der Waals surface area (Å²) in [5.74, 6) is 0. The van der Waals surface area contributed by atoms with Gasteiger partial charge < -0.3 is 13.7 Å². The molecule has 0 radical (unpaired) electrons. The van der Waals surface area contributed by atoms with Crippen LogP contribution in [-0.4, -0.2) is 13.7 Å². The molecule has 0 N–H and O–H groups in total. The SMILES string of the molecule is [2H]c1c([2H])c([2H])c(-c2c([2H])c([2H])c(-c3c([2H])c([2H])c([2H])c(-n4c5ccccc5c5cccc(-n6c7ccccc7c7cccc(-n8c9ccccc9c9ccccc98)c76)c54)c3[2H])c([2H])c2[2H])c([2H])c1[2H]. The molecule has 0 amide bonds. The van der Waals surface area contributed by atoms with Crippen LogP contribution in [-0.2, 0) is 0 Å². The molecule has 0 spiro atoms. The summed E-state index contributed by atoms with van der Waals surface area (Å²) in [7, 11) is 0. The number of nitrogens with zero attached hydrogens (tertiary/aromatic N) is 3. The Kier molecular flexibility index (Phi) is 4.69. The Morgan fingerprint density at radius 1 is 0.298 bits per heavy atom. The van der Waals surface area contributed by atoms with E-state index >= 15 is 0 Å². The molecule has 9 aromatic carbocycles. The number of fused-ring (bicyclic) bond motifs is 9. The van der Waals surface area contributed by atoms with Crippen molar-refractivity contribution in [2.75, 3.05) is 0 Å². The number of benzene rings is 9. The lowest BCUT2D eigenvalue weighted by molar-refractivity contribution is 1.11. The maximum Gasteiger partial charge on any atom is 0.0783 e. The summed E-state index contributed by atoms with van der Waals surface area (Å²) in [5.41, 5.74) is 4.32. The smallest absolute Gasteiger partial charge is 0.0783 e. The van der Waals surface area contributed by atoms with Gasteiger partial charge in [-0.05, 0) is 70.7 Å². The van der Waals surface area contributed by atoms with Crippen LogP contribution >= 0.6 is 0 Å². The highest BCUT2D eigenvalue weighted by Crippen LogP contribution is 2.43. The Morgan fingerprint density at radius 3 is 1.28 bits per heavy atom. The minimum atomic E-state index is -0.763. The van der Waals surface area contributed by atoms with E-state index in [2.05, 4.69) is 57.7 Å². The third kappa shape index (κ3) is 4.73. The topological polar surface area (TPSA) is 14.8 Å². The molecule has 3 nitrogen and oxygen atoms in total. The molecule has 0 unspecified atom stereocenters. The maximum absolute atomic E-state index is 10.0. The molecule has 3 heteroatoms. The van der Waals surface area contributed by atoms with Crippen LogP contribution in [0, 0.1) is 0 Å². The summed E-state index contributed by atoms with van der Waals surface area (Å²) >= 11 is 0. The van der Waals surface area contributed by atoms with Crippen molar-refractivity contribution in [3.63, 3.8) is 0 Å². The normalized spacial score (nSPS) is 15.1. The van der Waals surface area contributed by atoms with Crippen LogP contribution in [0.5, 0.6) is 0 Å². The van der Waals surface area contributed by atoms with Gasteiger partial charge >= 0.3 is 0 Å². The minimum Gasteiger partial charge on any atom is -0.307 e. The lowest BCUT2D eigenvalue weighted by Gasteiger charge is -2.17. The molecule has 12 aromatic rings. The molecule has 266 valence electrons. The van der Waals surface area contributed by atoms with E-state index in [1.54, 1.807) is 4.57 Å². The van der Waals surface area contributed by atoms with E-state index in [9.17, 15) is 8.22 Å². The summed E-state index contributed by atoms with van der Waals surface area (Å²) in [6.07, 6.45) is 0. The molecule has 57 heavy (non-hydrogen) atoms. The number of rotatable bonds is 5. The van der Waals surface area contributed by atoms with Crippen molar-refractivity contribution in [1.82, 2.24) is 13.7 Å². The van der Waals surface area contributed by atoms with Gasteiger partial charge in [-0.15, -0.1) is 0 Å². The van der Waals surface area contributed by atoms with Gasteiger partial charge in [0.25, 0.3) is 0 Å². The second-order valence-electron chi connectivity index (χ2n) is 13.9. The van der Waals surface area contributed by atoms with E-state index in [4.69, 9.17) is 9.60 Å². The van der Waals surface area contributed by atoms with Crippen molar-refractivity contribution in [3.8, 4) is 39.3 Å². The fourth-order valence-electron chi connectivity index (χ4n) is 8.53. The first kappa shape index (κ1) is 21.5. The maximum atomic E-state index is 10.0. The molecule has 0 aliphatic heterocycles. The summed E-state index contributed by atoms with van der Waals surface area (Å²) in [5, 5.41) is 5.65. The molecule has 12 rings (SSSR count). The van der Waals surface area contributed by atoms with Crippen molar-refractivity contribution in [1.29, 1.82) is 0 Å². The first-order valence-electron chi connectivity index (χ1n) is 25.1. The Morgan fingerprint density at radius 2 is 0.702 bits per heavy atom. The zero-order valence-electron chi connectivity index (χ0n) is 43.0. The highest BCUT2D eigenvalue weighted by molar-refractivity contribution is 6.17. The standard InChI is InChI=1S/C54H35N3/c1-2-15-36(16-3-1)37-31-33-38(34-32-37)39-17-12-18-40(35-39)55-47-25-8-6-21-43(47)45-23-14-30-52(53(45)55)57-50-28-11-7-22-44(50)46-24-13-29-51(54(46)57)56-48-26-9-4-19-41(48)42-20-5-10-27-49(42)56/h1-35H/i1D,2D,3D,12D,15D,16D,17D,18D,31D,32D,33D,34D,35D. The van der Waals surface area contributed by atoms with Gasteiger partial charge in [0.15, 0.2) is 0 Å². The Bertz CT molecular complexity index is 4190. The van der Waals surface area contributed by atoms with Gasteiger partial charge in [-0.1, -0.05) is 164 Å². The van der Waals surface area contributed by atoms with Crippen LogP contribution in [0.2, 0.25) is 0 Å². The highest BCUT2D eigenvalue weighted by atomic mass is 15.1. The quantitative estimate of drug-likeness (QED) is 0.167. The van der Waals surface area contributed by atoms with Gasteiger partial charge in [0.05, 0.1) is 62.3 Å². The third-order valence-corrected chi connectivity index (χ3v) is 10.9. The van der Waals surface area contributed by atoms with E-state index in [1.165, 1.54) is 0 Å². The molecular weight excluding hydrogens is 691 g/mol. The van der Waals surface area contributed by atoms with Crippen LogP contribution in [0.4, 0.5) is 0 Å². The van der Waals surface area contributed by atoms with E-state index < -0.39 is 101 Å². The number of hydrogen-bond donors (Lipinski definition) is 0. The van der Waals surface area contributed by atoms with Crippen molar-refractivity contribution >= 4 is 65.4 Å². The summed E-state index contributed by atoms with van der Waals surface area (Å²) < 4.78 is 123. The Balaban J connectivity index is 1.20. The second-order valence-corrected chi connectivity index (χ2v) is 13.9. The van der Waals surface area contributed by atoms with Crippen LogP contribution in [0.15, 0.2) is 212 Å². The minimum absolute atomic E-state index is 0.135. The fraction of sp³-hybridized carbons (Fsp3) is 0. The average molecular weight is 739 g/mol. The monoisotopic (exact) mass is 738 g/mol. The highest BCUT2D eigenvalue weighted by Gasteiger charge is 2.23. The van der Waals surface area contributed by atoms with Gasteiger partial charge in [-0.3, -0.25) is 0 Å². The van der Waals surface area contributed by atoms with Gasteiger partial charge in [0, 0.05) is 38.0 Å². The number of para-hydroxylation sites is 6. The largest absolute Gasteiger partial charge is 0.307 e. The molecule has 0 aliphatic carbocycles. The van der Waals surface area contributed by atoms with Gasteiger partial charge in [-0.2, -0.15) is 0 Å². The predicted molar refractivity (Wildman–Crippen MR) is 240 cm³/mol. The molecular formula is C54H35N3. The molecule has 0 bridgehead atoms. The molecule has 3 aromatic heterocycles. The summed E-state index contributed by atoms with van der Waals surface area (Å²) in [6.45, 7) is 0. The molecule has 3 heterocycles. The average Bonchev–Trinajstić information content (AvgIpc) is 4.02. The third-order valence-electron chi connectivity index (χ3n) is 10.9. The molecule has 0 aliphatic rings. The number of aromatic nitrogens is 3. The van der Waals surface area contributed by atoms with Crippen molar-refractivity contribution in [3.05, 3.63) is 212 Å². The Hall–Kier alpha value is -7.62. The van der Waals surface area contributed by atoms with Crippen LogP contribution in [0.25, 0.3) is 105 Å². The lowest BCUT2D eigenvalue weighted by Crippen LogP contribution is -2.03. The van der Waals surface area contributed by atoms with Gasteiger partial charge in [-0.25, -0.2) is 0 Å². The summed E-state index contributed by atoms with van der Waals surface area (Å²) in [4.78, 5) is 0. The molecule has 0 saturated carbocycles. The van der Waals surface area contributed by atoms with Crippen molar-refractivity contribution in [2.24, 2.45) is 0 Å². The summed E-state index contributed by atoms with van der Waals surface area (Å²) in [6, 6.07) is 35.4. The predicted octanol–water partition coefficient (Wildman–Crippen LogP) is 14.3. The first-order valence-corrected chi connectivity index (χ1v) is 18.6. The second kappa shape index (κ2) is 12.5. The molecule has 0 atom stereocenters. The lowest BCUT2D eigenvalue weighted by atomic mass is 10.00. The van der Waals surface area contributed by atoms with E-state index in [1.807, 2.05) is 84.9 Å². The van der Waals surface area contributed by atoms with E-state index in [0.29, 0.717) is 16.7 Å². The van der Waals surface area contributed by atoms with E-state index in [-0.39, 0.29) is 5.69 Å². The molecule has 0 saturated heterocycles. The first-order chi connectivity index (χ1) is 33.7. The van der Waals surface area contributed by atoms with Crippen molar-refractivity contribution < 1.29 is 17.8 Å². The van der Waals surface area contributed by atoms with Crippen LogP contribution in [0.1, 0.15) is 17.8 Å². The number of hydrogen-bond acceptors (Lipinski definition) is 0. The van der Waals surface area contributed by atoms with E-state index in [0.717, 1.165) is 60.1 Å². The van der Waals surface area contributed by atoms with Crippen molar-refractivity contribution in [2.45, 2.75) is 0 Å². The van der Waals surface area contributed by atoms with Gasteiger partial charge in [0.1, 0.15) is 0 Å².